The van der Waals surface area contributed by atoms with E-state index in [0.717, 1.165) is 0 Å². The Morgan fingerprint density at radius 3 is 2.44 bits per heavy atom. The first-order valence-corrected chi connectivity index (χ1v) is 8.09. The molecule has 1 aromatic rings. The van der Waals surface area contributed by atoms with Crippen LogP contribution in [0.4, 0.5) is 4.79 Å². The van der Waals surface area contributed by atoms with Crippen molar-refractivity contribution in [3.8, 4) is 5.75 Å². The molecule has 0 atom stereocenters. The first kappa shape index (κ1) is 20.5. The first-order valence-electron chi connectivity index (χ1n) is 8.09. The van der Waals surface area contributed by atoms with Crippen LogP contribution in [0, 0.1) is 5.92 Å². The van der Waals surface area contributed by atoms with Crippen LogP contribution >= 0.6 is 0 Å². The number of urea groups is 1. The molecule has 0 fully saturated rings. The minimum Gasteiger partial charge on any atom is -0.493 e. The van der Waals surface area contributed by atoms with Crippen LogP contribution in [0.15, 0.2) is 24.3 Å². The summed E-state index contributed by atoms with van der Waals surface area (Å²) in [6.07, 6.45) is 0. The van der Waals surface area contributed by atoms with Gasteiger partial charge in [0.1, 0.15) is 5.75 Å². The number of carbonyl (C=O) groups is 3. The molecule has 0 aliphatic rings. The zero-order valence-corrected chi connectivity index (χ0v) is 15.3. The van der Waals surface area contributed by atoms with E-state index in [-0.39, 0.29) is 5.56 Å². The zero-order chi connectivity index (χ0) is 19.0. The standard InChI is InChI=1S/C18H26N2O5/c1-12(2)10-24-14-8-6-7-13(9-14)16(22)25-11-15(21)19-17(23)20-18(3,4)5/h6-9,12H,10-11H2,1-5H3,(H2,19,20,21,23). The molecule has 7 heteroatoms. The van der Waals surface area contributed by atoms with Crippen molar-refractivity contribution in [1.29, 1.82) is 0 Å². The Labute approximate surface area is 148 Å². The first-order chi connectivity index (χ1) is 11.6. The maximum Gasteiger partial charge on any atom is 0.338 e. The fourth-order valence-electron chi connectivity index (χ4n) is 1.72. The van der Waals surface area contributed by atoms with Crippen molar-refractivity contribution in [1.82, 2.24) is 10.6 Å². The third-order valence-corrected chi connectivity index (χ3v) is 2.73. The number of esters is 1. The summed E-state index contributed by atoms with van der Waals surface area (Å²) in [5.41, 5.74) is -0.203. The van der Waals surface area contributed by atoms with Gasteiger partial charge in [-0.15, -0.1) is 0 Å². The highest BCUT2D eigenvalue weighted by Gasteiger charge is 2.17. The molecule has 0 spiro atoms. The number of hydrogen-bond donors (Lipinski definition) is 2. The molecule has 0 aliphatic carbocycles. The largest absolute Gasteiger partial charge is 0.493 e. The SMILES string of the molecule is CC(C)COc1cccc(C(=O)OCC(=O)NC(=O)NC(C)(C)C)c1. The minimum absolute atomic E-state index is 0.271. The Morgan fingerprint density at radius 2 is 1.84 bits per heavy atom. The highest BCUT2D eigenvalue weighted by molar-refractivity contribution is 5.97. The van der Waals surface area contributed by atoms with E-state index in [2.05, 4.69) is 10.6 Å². The van der Waals surface area contributed by atoms with Gasteiger partial charge >= 0.3 is 12.0 Å². The van der Waals surface area contributed by atoms with E-state index in [1.54, 1.807) is 45.0 Å². The molecular formula is C18H26N2O5. The van der Waals surface area contributed by atoms with Gasteiger partial charge in [0.2, 0.25) is 0 Å². The Hall–Kier alpha value is -2.57. The van der Waals surface area contributed by atoms with Crippen LogP contribution in [0.2, 0.25) is 0 Å². The van der Waals surface area contributed by atoms with Gasteiger partial charge in [-0.25, -0.2) is 9.59 Å². The second-order valence-corrected chi connectivity index (χ2v) is 7.06. The minimum atomic E-state index is -0.706. The summed E-state index contributed by atoms with van der Waals surface area (Å²) in [5.74, 6) is -0.459. The molecule has 3 amide bonds. The van der Waals surface area contributed by atoms with Crippen molar-refractivity contribution in [2.45, 2.75) is 40.2 Å². The molecule has 0 saturated carbocycles. The van der Waals surface area contributed by atoms with Gasteiger partial charge in [0.25, 0.3) is 5.91 Å². The Kier molecular flexibility index (Phi) is 7.42. The summed E-state index contributed by atoms with van der Waals surface area (Å²) in [6, 6.07) is 5.88. The van der Waals surface area contributed by atoms with Crippen molar-refractivity contribution in [3.05, 3.63) is 29.8 Å². The lowest BCUT2D eigenvalue weighted by Gasteiger charge is -2.20. The Balaban J connectivity index is 2.49. The van der Waals surface area contributed by atoms with Gasteiger partial charge in [0.15, 0.2) is 6.61 Å². The van der Waals surface area contributed by atoms with Crippen molar-refractivity contribution in [2.75, 3.05) is 13.2 Å². The second-order valence-electron chi connectivity index (χ2n) is 7.06. The topological polar surface area (TPSA) is 93.7 Å². The predicted octanol–water partition coefficient (Wildman–Crippen LogP) is 2.50. The third kappa shape index (κ3) is 8.74. The second kappa shape index (κ2) is 9.05. The van der Waals surface area contributed by atoms with Crippen LogP contribution in [-0.4, -0.2) is 36.7 Å². The van der Waals surface area contributed by atoms with E-state index >= 15 is 0 Å². The predicted molar refractivity (Wildman–Crippen MR) is 93.5 cm³/mol. The molecule has 0 radical (unpaired) electrons. The van der Waals surface area contributed by atoms with Crippen molar-refractivity contribution in [2.24, 2.45) is 5.92 Å². The van der Waals surface area contributed by atoms with Crippen LogP contribution < -0.4 is 15.4 Å². The number of benzene rings is 1. The van der Waals surface area contributed by atoms with Gasteiger partial charge in [-0.1, -0.05) is 19.9 Å². The highest BCUT2D eigenvalue weighted by atomic mass is 16.5. The molecule has 0 aliphatic heterocycles. The number of carbonyl (C=O) groups excluding carboxylic acids is 3. The lowest BCUT2D eigenvalue weighted by molar-refractivity contribution is -0.123. The normalized spacial score (nSPS) is 11.0. The molecular weight excluding hydrogens is 324 g/mol. The van der Waals surface area contributed by atoms with E-state index in [1.807, 2.05) is 13.8 Å². The van der Waals surface area contributed by atoms with Gasteiger partial charge in [-0.05, 0) is 44.9 Å². The summed E-state index contributed by atoms with van der Waals surface area (Å²) in [4.78, 5) is 35.2. The van der Waals surface area contributed by atoms with Gasteiger partial charge < -0.3 is 14.8 Å². The maximum absolute atomic E-state index is 12.0. The zero-order valence-electron chi connectivity index (χ0n) is 15.3. The van der Waals surface area contributed by atoms with Crippen LogP contribution in [0.5, 0.6) is 5.75 Å². The van der Waals surface area contributed by atoms with Gasteiger partial charge in [0.05, 0.1) is 12.2 Å². The Bertz CT molecular complexity index is 620. The Morgan fingerprint density at radius 1 is 1.16 bits per heavy atom. The van der Waals surface area contributed by atoms with Crippen LogP contribution in [0.1, 0.15) is 45.0 Å². The number of amides is 3. The molecule has 138 valence electrons. The number of nitrogens with one attached hydrogen (secondary N) is 2. The molecule has 0 bridgehead atoms. The molecule has 7 nitrogen and oxygen atoms in total. The number of rotatable bonds is 6. The molecule has 0 aromatic heterocycles. The molecule has 0 unspecified atom stereocenters. The molecule has 2 N–H and O–H groups in total. The van der Waals surface area contributed by atoms with Crippen molar-refractivity contribution < 1.29 is 23.9 Å². The number of ether oxygens (including phenoxy) is 2. The molecule has 1 rings (SSSR count). The maximum atomic E-state index is 12.0. The van der Waals surface area contributed by atoms with Crippen LogP contribution in [0.25, 0.3) is 0 Å². The van der Waals surface area contributed by atoms with Crippen LogP contribution in [0.3, 0.4) is 0 Å². The highest BCUT2D eigenvalue weighted by Crippen LogP contribution is 2.15. The molecule has 0 saturated heterocycles. The van der Waals surface area contributed by atoms with Crippen molar-refractivity contribution >= 4 is 17.9 Å². The molecule has 0 heterocycles. The van der Waals surface area contributed by atoms with Gasteiger partial charge in [0, 0.05) is 5.54 Å². The molecule has 1 aromatic carbocycles. The average molecular weight is 350 g/mol. The van der Waals surface area contributed by atoms with E-state index in [4.69, 9.17) is 9.47 Å². The van der Waals surface area contributed by atoms with E-state index < -0.39 is 30.1 Å². The van der Waals surface area contributed by atoms with Crippen LogP contribution in [-0.2, 0) is 9.53 Å². The summed E-state index contributed by atoms with van der Waals surface area (Å²) in [7, 11) is 0. The lowest BCUT2D eigenvalue weighted by Crippen LogP contribution is -2.49. The fourth-order valence-corrected chi connectivity index (χ4v) is 1.72. The number of hydrogen-bond acceptors (Lipinski definition) is 5. The average Bonchev–Trinajstić information content (AvgIpc) is 2.49. The quantitative estimate of drug-likeness (QED) is 0.769. The fraction of sp³-hybridized carbons (Fsp3) is 0.500. The molecule has 25 heavy (non-hydrogen) atoms. The van der Waals surface area contributed by atoms with E-state index in [9.17, 15) is 14.4 Å². The smallest absolute Gasteiger partial charge is 0.338 e. The van der Waals surface area contributed by atoms with Crippen molar-refractivity contribution in [3.63, 3.8) is 0 Å². The third-order valence-electron chi connectivity index (χ3n) is 2.73. The lowest BCUT2D eigenvalue weighted by atomic mass is 10.1. The summed E-state index contributed by atoms with van der Waals surface area (Å²) in [5, 5.41) is 4.67. The summed E-state index contributed by atoms with van der Waals surface area (Å²) in [6.45, 7) is 9.37. The van der Waals surface area contributed by atoms with Gasteiger partial charge in [-0.2, -0.15) is 0 Å². The number of imide groups is 1. The van der Waals surface area contributed by atoms with E-state index in [1.165, 1.54) is 0 Å². The van der Waals surface area contributed by atoms with E-state index in [0.29, 0.717) is 18.3 Å². The summed E-state index contributed by atoms with van der Waals surface area (Å²) < 4.78 is 10.5. The summed E-state index contributed by atoms with van der Waals surface area (Å²) >= 11 is 0. The van der Waals surface area contributed by atoms with Gasteiger partial charge in [-0.3, -0.25) is 10.1 Å². The monoisotopic (exact) mass is 350 g/mol.